The van der Waals surface area contributed by atoms with E-state index in [0.717, 1.165) is 25.5 Å². The van der Waals surface area contributed by atoms with Crippen LogP contribution >= 0.6 is 12.4 Å². The Bertz CT molecular complexity index is 766. The zero-order valence-corrected chi connectivity index (χ0v) is 16.5. The molecular weight excluding hydrogens is 380 g/mol. The Morgan fingerprint density at radius 3 is 2.54 bits per heavy atom. The highest BCUT2D eigenvalue weighted by Gasteiger charge is 2.32. The minimum absolute atomic E-state index is 0. The van der Waals surface area contributed by atoms with Crippen LogP contribution in [0.25, 0.3) is 0 Å². The summed E-state index contributed by atoms with van der Waals surface area (Å²) in [4.78, 5) is 24.4. The molecule has 0 aliphatic heterocycles. The molecule has 0 aromatic heterocycles. The monoisotopic (exact) mass is 404 g/mol. The number of amides is 1. The first-order chi connectivity index (χ1) is 11.8. The van der Waals surface area contributed by atoms with Crippen molar-refractivity contribution < 1.29 is 22.7 Å². The normalized spacial score (nSPS) is 19.5. The molecule has 1 aliphatic carbocycles. The average molecular weight is 405 g/mol. The lowest BCUT2D eigenvalue weighted by Crippen LogP contribution is -2.29. The second kappa shape index (κ2) is 9.34. The van der Waals surface area contributed by atoms with Crippen molar-refractivity contribution in [2.24, 2.45) is 17.6 Å². The number of anilines is 1. The number of halogens is 1. The highest BCUT2D eigenvalue weighted by Crippen LogP contribution is 2.32. The molecule has 1 fully saturated rings. The van der Waals surface area contributed by atoms with Crippen LogP contribution in [0.4, 0.5) is 5.69 Å². The Morgan fingerprint density at radius 1 is 1.27 bits per heavy atom. The number of nitrogens with two attached hydrogens (primary N) is 1. The van der Waals surface area contributed by atoms with Crippen molar-refractivity contribution in [3.8, 4) is 0 Å². The first kappa shape index (κ1) is 22.4. The van der Waals surface area contributed by atoms with Gasteiger partial charge in [-0.05, 0) is 50.4 Å². The highest BCUT2D eigenvalue weighted by molar-refractivity contribution is 7.90. The SMILES string of the molecule is CCOC(=O)c1cc(NC(=O)[C@@H]2CCC[C@@H]2CN)cc(S(C)(=O)=O)c1.Cl. The van der Waals surface area contributed by atoms with E-state index in [-0.39, 0.29) is 52.9 Å². The van der Waals surface area contributed by atoms with Gasteiger partial charge in [-0.2, -0.15) is 0 Å². The van der Waals surface area contributed by atoms with Crippen LogP contribution in [0.3, 0.4) is 0 Å². The van der Waals surface area contributed by atoms with Crippen molar-refractivity contribution in [3.63, 3.8) is 0 Å². The van der Waals surface area contributed by atoms with Crippen LogP contribution in [-0.4, -0.2) is 39.7 Å². The molecule has 1 saturated carbocycles. The summed E-state index contributed by atoms with van der Waals surface area (Å²) in [6, 6.07) is 4.03. The van der Waals surface area contributed by atoms with Crippen molar-refractivity contribution in [1.29, 1.82) is 0 Å². The number of hydrogen-bond donors (Lipinski definition) is 2. The van der Waals surface area contributed by atoms with Crippen LogP contribution in [0.1, 0.15) is 36.5 Å². The van der Waals surface area contributed by atoms with Gasteiger partial charge in [-0.3, -0.25) is 4.79 Å². The minimum atomic E-state index is -3.55. The van der Waals surface area contributed by atoms with E-state index in [1.165, 1.54) is 18.2 Å². The predicted molar refractivity (Wildman–Crippen MR) is 101 cm³/mol. The van der Waals surface area contributed by atoms with Gasteiger partial charge in [0.25, 0.3) is 0 Å². The molecule has 0 radical (unpaired) electrons. The lowest BCUT2D eigenvalue weighted by Gasteiger charge is -2.18. The minimum Gasteiger partial charge on any atom is -0.462 e. The van der Waals surface area contributed by atoms with Gasteiger partial charge in [0.2, 0.25) is 5.91 Å². The molecule has 2 atom stereocenters. The zero-order chi connectivity index (χ0) is 18.6. The van der Waals surface area contributed by atoms with Gasteiger partial charge in [0, 0.05) is 17.9 Å². The zero-order valence-electron chi connectivity index (χ0n) is 14.9. The molecule has 0 bridgehead atoms. The smallest absolute Gasteiger partial charge is 0.338 e. The van der Waals surface area contributed by atoms with Gasteiger partial charge in [0.15, 0.2) is 9.84 Å². The third kappa shape index (κ3) is 5.43. The van der Waals surface area contributed by atoms with Gasteiger partial charge < -0.3 is 15.8 Å². The maximum atomic E-state index is 12.5. The molecular formula is C17H25ClN2O5S. The number of sulfone groups is 1. The van der Waals surface area contributed by atoms with Crippen LogP contribution in [0.5, 0.6) is 0 Å². The molecule has 0 spiro atoms. The van der Waals surface area contributed by atoms with Crippen molar-refractivity contribution in [3.05, 3.63) is 23.8 Å². The van der Waals surface area contributed by atoms with E-state index in [0.29, 0.717) is 6.54 Å². The molecule has 1 amide bonds. The quantitative estimate of drug-likeness (QED) is 0.700. The van der Waals surface area contributed by atoms with Gasteiger partial charge >= 0.3 is 5.97 Å². The summed E-state index contributed by atoms with van der Waals surface area (Å²) < 4.78 is 28.7. The van der Waals surface area contributed by atoms with Gasteiger partial charge in [-0.1, -0.05) is 6.42 Å². The first-order valence-corrected chi connectivity index (χ1v) is 10.2. The van der Waals surface area contributed by atoms with E-state index in [1.54, 1.807) is 6.92 Å². The number of carbonyl (C=O) groups excluding carboxylic acids is 2. The van der Waals surface area contributed by atoms with Crippen molar-refractivity contribution >= 4 is 39.8 Å². The summed E-state index contributed by atoms with van der Waals surface area (Å²) in [5.41, 5.74) is 6.06. The molecule has 9 heteroatoms. The third-order valence-corrected chi connectivity index (χ3v) is 5.50. The van der Waals surface area contributed by atoms with E-state index in [1.807, 2.05) is 0 Å². The summed E-state index contributed by atoms with van der Waals surface area (Å²) in [5, 5.41) is 2.73. The second-order valence-corrected chi connectivity index (χ2v) is 8.28. The van der Waals surface area contributed by atoms with Crippen LogP contribution in [-0.2, 0) is 19.4 Å². The topological polar surface area (TPSA) is 116 Å². The van der Waals surface area contributed by atoms with Gasteiger partial charge in [0.05, 0.1) is 17.1 Å². The molecule has 1 aromatic rings. The fourth-order valence-corrected chi connectivity index (χ4v) is 3.80. The summed E-state index contributed by atoms with van der Waals surface area (Å²) in [6.45, 7) is 2.27. The standard InChI is InChI=1S/C17H24N2O5S.ClH/c1-3-24-17(21)12-7-13(9-14(8-12)25(2,22)23)19-16(20)15-6-4-5-11(15)10-18;/h7-9,11,15H,3-6,10,18H2,1-2H3,(H,19,20);1H/t11-,15-;/m1./s1. The molecule has 0 saturated heterocycles. The third-order valence-electron chi connectivity index (χ3n) is 4.41. The molecule has 1 aliphatic rings. The molecule has 7 nitrogen and oxygen atoms in total. The number of benzene rings is 1. The van der Waals surface area contributed by atoms with Gasteiger partial charge in [0.1, 0.15) is 0 Å². The summed E-state index contributed by atoms with van der Waals surface area (Å²) in [6.07, 6.45) is 3.65. The number of nitrogens with one attached hydrogen (secondary N) is 1. The highest BCUT2D eigenvalue weighted by atomic mass is 35.5. The fourth-order valence-electron chi connectivity index (χ4n) is 3.12. The van der Waals surface area contributed by atoms with E-state index < -0.39 is 15.8 Å². The van der Waals surface area contributed by atoms with E-state index in [9.17, 15) is 18.0 Å². The first-order valence-electron chi connectivity index (χ1n) is 8.29. The largest absolute Gasteiger partial charge is 0.462 e. The van der Waals surface area contributed by atoms with Crippen LogP contribution in [0.15, 0.2) is 23.1 Å². The van der Waals surface area contributed by atoms with Crippen LogP contribution in [0.2, 0.25) is 0 Å². The summed E-state index contributed by atoms with van der Waals surface area (Å²) >= 11 is 0. The molecule has 26 heavy (non-hydrogen) atoms. The number of esters is 1. The summed E-state index contributed by atoms with van der Waals surface area (Å²) in [7, 11) is -3.55. The molecule has 1 aromatic carbocycles. The van der Waals surface area contributed by atoms with Crippen molar-refractivity contribution in [2.75, 3.05) is 24.7 Å². The van der Waals surface area contributed by atoms with E-state index in [2.05, 4.69) is 5.32 Å². The van der Waals surface area contributed by atoms with E-state index in [4.69, 9.17) is 10.5 Å². The number of ether oxygens (including phenoxy) is 1. The Balaban J connectivity index is 0.00000338. The second-order valence-electron chi connectivity index (χ2n) is 6.26. The fraction of sp³-hybridized carbons (Fsp3) is 0.529. The van der Waals surface area contributed by atoms with Crippen molar-refractivity contribution in [1.82, 2.24) is 0 Å². The molecule has 0 unspecified atom stereocenters. The Labute approximate surface area is 160 Å². The van der Waals surface area contributed by atoms with E-state index >= 15 is 0 Å². The van der Waals surface area contributed by atoms with Crippen LogP contribution < -0.4 is 11.1 Å². The lowest BCUT2D eigenvalue weighted by molar-refractivity contribution is -0.120. The predicted octanol–water partition coefficient (Wildman–Crippen LogP) is 2.00. The summed E-state index contributed by atoms with van der Waals surface area (Å²) in [5.74, 6) is -0.904. The Morgan fingerprint density at radius 2 is 1.96 bits per heavy atom. The van der Waals surface area contributed by atoms with Gasteiger partial charge in [-0.15, -0.1) is 12.4 Å². The number of rotatable bonds is 6. The maximum absolute atomic E-state index is 12.5. The maximum Gasteiger partial charge on any atom is 0.338 e. The average Bonchev–Trinajstić information content (AvgIpc) is 3.02. The number of hydrogen-bond acceptors (Lipinski definition) is 6. The van der Waals surface area contributed by atoms with Crippen LogP contribution in [0, 0.1) is 11.8 Å². The molecule has 0 heterocycles. The Kier molecular flexibility index (Phi) is 8.05. The lowest BCUT2D eigenvalue weighted by atomic mass is 9.95. The molecule has 2 rings (SSSR count). The Hall–Kier alpha value is -1.64. The van der Waals surface area contributed by atoms with Gasteiger partial charge in [-0.25, -0.2) is 13.2 Å². The molecule has 3 N–H and O–H groups in total. The van der Waals surface area contributed by atoms with Crippen molar-refractivity contribution in [2.45, 2.75) is 31.1 Å². The number of carbonyl (C=O) groups is 2. The molecule has 146 valence electrons.